The van der Waals surface area contributed by atoms with E-state index in [9.17, 15) is 9.36 Å². The molecule has 0 amide bonds. The van der Waals surface area contributed by atoms with Gasteiger partial charge in [-0.25, -0.2) is 4.57 Å². The third kappa shape index (κ3) is 3.96. The SMILES string of the molecule is Cc1cc(C)c(C(=O)CC(OP=O)(c2ccccc2)c2ccccc2)c(C)c1. The van der Waals surface area contributed by atoms with Gasteiger partial charge in [0.2, 0.25) is 0 Å². The summed E-state index contributed by atoms with van der Waals surface area (Å²) in [6.07, 6.45) is 0.0566. The summed E-state index contributed by atoms with van der Waals surface area (Å²) < 4.78 is 17.4. The molecule has 0 bridgehead atoms. The average Bonchev–Trinajstić information content (AvgIpc) is 2.68. The van der Waals surface area contributed by atoms with E-state index >= 15 is 0 Å². The first-order valence-electron chi connectivity index (χ1n) is 9.21. The zero-order chi connectivity index (χ0) is 20.1. The lowest BCUT2D eigenvalue weighted by atomic mass is 9.80. The van der Waals surface area contributed by atoms with E-state index in [1.165, 1.54) is 0 Å². The molecule has 0 atom stereocenters. The molecule has 0 saturated heterocycles. The molecule has 28 heavy (non-hydrogen) atoms. The molecule has 0 spiro atoms. The number of Topliss-reactive ketones (excluding diaryl/α,β-unsaturated/α-hetero) is 1. The van der Waals surface area contributed by atoms with Crippen molar-refractivity contribution in [2.75, 3.05) is 0 Å². The van der Waals surface area contributed by atoms with Crippen LogP contribution in [0, 0.1) is 20.8 Å². The van der Waals surface area contributed by atoms with Crippen LogP contribution in [0.2, 0.25) is 0 Å². The Bertz CT molecular complexity index is 919. The van der Waals surface area contributed by atoms with Gasteiger partial charge in [-0.15, -0.1) is 0 Å². The zero-order valence-electron chi connectivity index (χ0n) is 16.3. The second kappa shape index (κ2) is 8.60. The molecule has 0 unspecified atom stereocenters. The minimum atomic E-state index is -1.13. The molecule has 0 aromatic heterocycles. The predicted molar refractivity (Wildman–Crippen MR) is 112 cm³/mol. The number of aryl methyl sites for hydroxylation is 3. The maximum absolute atomic E-state index is 13.4. The van der Waals surface area contributed by atoms with Gasteiger partial charge in [0, 0.05) is 12.0 Å². The van der Waals surface area contributed by atoms with E-state index in [2.05, 4.69) is 0 Å². The van der Waals surface area contributed by atoms with Crippen molar-refractivity contribution in [3.63, 3.8) is 0 Å². The second-order valence-corrected chi connectivity index (χ2v) is 7.43. The monoisotopic (exact) mass is 390 g/mol. The van der Waals surface area contributed by atoms with E-state index in [-0.39, 0.29) is 12.2 Å². The molecular formula is C24H23O3P. The molecule has 4 heteroatoms. The number of carbonyl (C=O) groups is 1. The summed E-state index contributed by atoms with van der Waals surface area (Å²) in [7, 11) is -0.474. The lowest BCUT2D eigenvalue weighted by molar-refractivity contribution is 0.0776. The van der Waals surface area contributed by atoms with Gasteiger partial charge in [0.25, 0.3) is 0 Å². The molecule has 142 valence electrons. The van der Waals surface area contributed by atoms with Crippen molar-refractivity contribution in [1.82, 2.24) is 0 Å². The van der Waals surface area contributed by atoms with Crippen LogP contribution in [-0.4, -0.2) is 5.78 Å². The Morgan fingerprint density at radius 1 is 0.857 bits per heavy atom. The summed E-state index contributed by atoms with van der Waals surface area (Å²) >= 11 is 0. The van der Waals surface area contributed by atoms with Crippen LogP contribution < -0.4 is 0 Å². The fourth-order valence-electron chi connectivity index (χ4n) is 3.92. The van der Waals surface area contributed by atoms with E-state index < -0.39 is 14.3 Å². The van der Waals surface area contributed by atoms with Crippen LogP contribution in [0.15, 0.2) is 72.8 Å². The Hall–Kier alpha value is -2.61. The van der Waals surface area contributed by atoms with E-state index in [1.54, 1.807) is 0 Å². The van der Waals surface area contributed by atoms with Crippen molar-refractivity contribution in [3.05, 3.63) is 106 Å². The standard InChI is InChI=1S/C24H23O3P/c1-17-14-18(2)23(19(3)15-17)22(25)16-24(27-28-26,20-10-6-4-7-11-20)21-12-8-5-9-13-21/h4-15H,16H2,1-3H3. The summed E-state index contributed by atoms with van der Waals surface area (Å²) in [6, 6.07) is 23.0. The lowest BCUT2D eigenvalue weighted by Crippen LogP contribution is -2.32. The highest BCUT2D eigenvalue weighted by Crippen LogP contribution is 2.41. The summed E-state index contributed by atoms with van der Waals surface area (Å²) in [4.78, 5) is 13.4. The van der Waals surface area contributed by atoms with Crippen molar-refractivity contribution in [3.8, 4) is 0 Å². The summed E-state index contributed by atoms with van der Waals surface area (Å²) in [5.74, 6) is -0.0358. The number of ketones is 1. The highest BCUT2D eigenvalue weighted by molar-refractivity contribution is 7.17. The number of hydrogen-bond acceptors (Lipinski definition) is 3. The largest absolute Gasteiger partial charge is 0.328 e. The molecule has 0 saturated carbocycles. The maximum atomic E-state index is 13.4. The van der Waals surface area contributed by atoms with Gasteiger partial charge in [0.1, 0.15) is 5.60 Å². The van der Waals surface area contributed by atoms with Gasteiger partial charge in [-0.3, -0.25) is 9.32 Å². The van der Waals surface area contributed by atoms with Crippen molar-refractivity contribution >= 4 is 14.5 Å². The quantitative estimate of drug-likeness (QED) is 0.349. The van der Waals surface area contributed by atoms with Gasteiger partial charge in [-0.05, 0) is 43.0 Å². The lowest BCUT2D eigenvalue weighted by Gasteiger charge is -2.32. The van der Waals surface area contributed by atoms with Gasteiger partial charge in [0.15, 0.2) is 5.78 Å². The maximum Gasteiger partial charge on any atom is 0.328 e. The van der Waals surface area contributed by atoms with Crippen molar-refractivity contribution in [2.24, 2.45) is 0 Å². The predicted octanol–water partition coefficient (Wildman–Crippen LogP) is 6.35. The minimum Gasteiger partial charge on any atom is -0.294 e. The van der Waals surface area contributed by atoms with Crippen molar-refractivity contribution < 1.29 is 13.9 Å². The van der Waals surface area contributed by atoms with Gasteiger partial charge >= 0.3 is 8.69 Å². The molecule has 3 rings (SSSR count). The Labute approximate surface area is 167 Å². The summed E-state index contributed by atoms with van der Waals surface area (Å²) in [5.41, 5.74) is 4.16. The first-order chi connectivity index (χ1) is 13.5. The molecule has 0 heterocycles. The van der Waals surface area contributed by atoms with E-state index in [0.29, 0.717) is 5.56 Å². The van der Waals surface area contributed by atoms with Crippen molar-refractivity contribution in [2.45, 2.75) is 32.8 Å². The summed E-state index contributed by atoms with van der Waals surface area (Å²) in [6.45, 7) is 5.92. The Morgan fingerprint density at radius 2 is 1.32 bits per heavy atom. The topological polar surface area (TPSA) is 43.4 Å². The highest BCUT2D eigenvalue weighted by Gasteiger charge is 2.39. The zero-order valence-corrected chi connectivity index (χ0v) is 17.2. The molecule has 0 aliphatic heterocycles. The normalized spacial score (nSPS) is 11.5. The van der Waals surface area contributed by atoms with Crippen LogP contribution in [0.4, 0.5) is 0 Å². The van der Waals surface area contributed by atoms with Crippen molar-refractivity contribution in [1.29, 1.82) is 0 Å². The van der Waals surface area contributed by atoms with Gasteiger partial charge in [-0.2, -0.15) is 0 Å². The van der Waals surface area contributed by atoms with Crippen LogP contribution in [0.3, 0.4) is 0 Å². The second-order valence-electron chi connectivity index (χ2n) is 7.10. The number of hydrogen-bond donors (Lipinski definition) is 0. The Balaban J connectivity index is 2.15. The first kappa shape index (κ1) is 20.1. The average molecular weight is 390 g/mol. The van der Waals surface area contributed by atoms with E-state index in [4.69, 9.17) is 4.52 Å². The third-order valence-corrected chi connectivity index (χ3v) is 5.42. The molecule has 0 aliphatic rings. The molecule has 0 N–H and O–H groups in total. The van der Waals surface area contributed by atoms with Crippen LogP contribution in [0.25, 0.3) is 0 Å². The van der Waals surface area contributed by atoms with Gasteiger partial charge in [0.05, 0.1) is 0 Å². The number of rotatable bonds is 7. The summed E-state index contributed by atoms with van der Waals surface area (Å²) in [5, 5.41) is 0. The molecular weight excluding hydrogens is 367 g/mol. The molecule has 0 fully saturated rings. The number of benzene rings is 3. The fourth-order valence-corrected chi connectivity index (χ4v) is 4.32. The van der Waals surface area contributed by atoms with E-state index in [0.717, 1.165) is 27.8 Å². The van der Waals surface area contributed by atoms with Crippen LogP contribution >= 0.6 is 8.69 Å². The molecule has 0 aliphatic carbocycles. The van der Waals surface area contributed by atoms with Gasteiger partial charge < -0.3 is 0 Å². The Morgan fingerprint density at radius 3 is 1.75 bits per heavy atom. The first-order valence-corrected chi connectivity index (χ1v) is 9.94. The van der Waals surface area contributed by atoms with Crippen LogP contribution in [0.1, 0.15) is 44.6 Å². The number of carbonyl (C=O) groups excluding carboxylic acids is 1. The van der Waals surface area contributed by atoms with E-state index in [1.807, 2.05) is 93.6 Å². The molecule has 0 radical (unpaired) electrons. The Kier molecular flexibility index (Phi) is 6.18. The molecule has 3 nitrogen and oxygen atoms in total. The van der Waals surface area contributed by atoms with Crippen LogP contribution in [-0.2, 0) is 14.7 Å². The molecule has 3 aromatic rings. The molecule has 3 aromatic carbocycles. The minimum absolute atomic E-state index is 0.0358. The third-order valence-electron chi connectivity index (χ3n) is 5.04. The highest BCUT2D eigenvalue weighted by atomic mass is 31.1. The smallest absolute Gasteiger partial charge is 0.294 e. The fraction of sp³-hybridized carbons (Fsp3) is 0.208. The van der Waals surface area contributed by atoms with Gasteiger partial charge in [-0.1, -0.05) is 78.4 Å². The van der Waals surface area contributed by atoms with Crippen LogP contribution in [0.5, 0.6) is 0 Å².